The highest BCUT2D eigenvalue weighted by atomic mass is 32.2. The van der Waals surface area contributed by atoms with E-state index < -0.39 is 10.0 Å². The number of anilines is 2. The van der Waals surface area contributed by atoms with E-state index >= 15 is 0 Å². The molecule has 0 spiro atoms. The molecule has 0 radical (unpaired) electrons. The monoisotopic (exact) mass is 455 g/mol. The summed E-state index contributed by atoms with van der Waals surface area (Å²) in [5.74, 6) is -0.281. The van der Waals surface area contributed by atoms with E-state index in [-0.39, 0.29) is 11.4 Å². The lowest BCUT2D eigenvalue weighted by Crippen LogP contribution is -2.25. The Balaban J connectivity index is 2.19. The number of halogens is 1. The number of hydrogen-bond acceptors (Lipinski definition) is 4. The molecule has 1 heterocycles. The van der Waals surface area contributed by atoms with Crippen LogP contribution < -0.4 is 15.2 Å². The van der Waals surface area contributed by atoms with Crippen LogP contribution in [0.1, 0.15) is 16.7 Å². The van der Waals surface area contributed by atoms with Crippen LogP contribution in [0.3, 0.4) is 0 Å². The van der Waals surface area contributed by atoms with Crippen molar-refractivity contribution in [2.45, 2.75) is 13.3 Å². The summed E-state index contributed by atoms with van der Waals surface area (Å²) in [6.07, 6.45) is 2.14. The van der Waals surface area contributed by atoms with E-state index in [4.69, 9.17) is 0 Å². The van der Waals surface area contributed by atoms with Gasteiger partial charge in [-0.2, -0.15) is 0 Å². The third-order valence-corrected chi connectivity index (χ3v) is 6.14. The summed E-state index contributed by atoms with van der Waals surface area (Å²) in [6.45, 7) is 5.03. The van der Waals surface area contributed by atoms with Crippen LogP contribution in [-0.2, 0) is 23.5 Å². The molecule has 0 bridgehead atoms. The molecule has 0 fully saturated rings. The molecule has 0 saturated carbocycles. The minimum atomic E-state index is -3.69. The summed E-state index contributed by atoms with van der Waals surface area (Å²) < 4.78 is 42.0. The summed E-state index contributed by atoms with van der Waals surface area (Å²) in [5.41, 5.74) is 4.38. The molecule has 0 amide bonds. The molecule has 32 heavy (non-hydrogen) atoms. The second-order valence-electron chi connectivity index (χ2n) is 7.87. The number of nitrogens with zero attached hydrogens (tertiary/aromatic N) is 2. The molecule has 8 heteroatoms. The van der Waals surface area contributed by atoms with Crippen LogP contribution in [0.4, 0.5) is 15.8 Å². The predicted octanol–water partition coefficient (Wildman–Crippen LogP) is 4.04. The zero-order chi connectivity index (χ0) is 23.6. The van der Waals surface area contributed by atoms with Crippen LogP contribution in [0.5, 0.6) is 0 Å². The van der Waals surface area contributed by atoms with Crippen molar-refractivity contribution in [2.75, 3.05) is 23.7 Å². The van der Waals surface area contributed by atoms with Crippen LogP contribution in [0.25, 0.3) is 11.1 Å². The zero-order valence-corrected chi connectivity index (χ0v) is 19.3. The van der Waals surface area contributed by atoms with Gasteiger partial charge in [-0.05, 0) is 59.9 Å². The second-order valence-corrected chi connectivity index (χ2v) is 9.50. The van der Waals surface area contributed by atoms with E-state index in [1.807, 2.05) is 6.07 Å². The SMILES string of the molecule is C=CS(=O)(=O)Nc1ccc(Cc2ccc(C)c(F)c2)c(-c2cc(N(C)C)c(=O)n(C)c2)c1. The molecule has 0 atom stereocenters. The van der Waals surface area contributed by atoms with E-state index in [1.54, 1.807) is 69.5 Å². The van der Waals surface area contributed by atoms with E-state index in [0.29, 0.717) is 23.4 Å². The molecule has 0 unspecified atom stereocenters. The number of nitrogens with one attached hydrogen (secondary N) is 1. The normalized spacial score (nSPS) is 11.3. The summed E-state index contributed by atoms with van der Waals surface area (Å²) in [6, 6.07) is 12.0. The fourth-order valence-corrected chi connectivity index (χ4v) is 3.94. The van der Waals surface area contributed by atoms with Gasteiger partial charge >= 0.3 is 0 Å². The summed E-state index contributed by atoms with van der Waals surface area (Å²) in [5, 5.41) is 0.839. The van der Waals surface area contributed by atoms with Crippen LogP contribution in [0.2, 0.25) is 0 Å². The molecule has 0 aliphatic heterocycles. The van der Waals surface area contributed by atoms with Crippen LogP contribution in [-0.4, -0.2) is 27.1 Å². The van der Waals surface area contributed by atoms with Crippen molar-refractivity contribution in [3.8, 4) is 11.1 Å². The Morgan fingerprint density at radius 2 is 1.88 bits per heavy atom. The van der Waals surface area contributed by atoms with Gasteiger partial charge in [-0.3, -0.25) is 9.52 Å². The second kappa shape index (κ2) is 9.00. The molecule has 1 aromatic heterocycles. The third-order valence-electron chi connectivity index (χ3n) is 5.18. The molecule has 0 aliphatic carbocycles. The Morgan fingerprint density at radius 3 is 2.50 bits per heavy atom. The van der Waals surface area contributed by atoms with Crippen molar-refractivity contribution in [1.29, 1.82) is 0 Å². The van der Waals surface area contributed by atoms with Crippen LogP contribution >= 0.6 is 0 Å². The molecule has 0 saturated heterocycles. The first-order valence-corrected chi connectivity index (χ1v) is 11.5. The van der Waals surface area contributed by atoms with E-state index in [9.17, 15) is 17.6 Å². The smallest absolute Gasteiger partial charge is 0.273 e. The molecular weight excluding hydrogens is 429 g/mol. The van der Waals surface area contributed by atoms with Crippen molar-refractivity contribution in [2.24, 2.45) is 7.05 Å². The number of rotatable bonds is 7. The van der Waals surface area contributed by atoms with Gasteiger partial charge in [0.2, 0.25) is 0 Å². The van der Waals surface area contributed by atoms with Gasteiger partial charge in [0.1, 0.15) is 11.5 Å². The first kappa shape index (κ1) is 23.3. The maximum absolute atomic E-state index is 14.1. The first-order valence-electron chi connectivity index (χ1n) is 9.92. The molecule has 168 valence electrons. The lowest BCUT2D eigenvalue weighted by molar-refractivity contribution is 0.609. The van der Waals surface area contributed by atoms with Crippen molar-refractivity contribution in [3.05, 3.63) is 93.5 Å². The largest absolute Gasteiger partial charge is 0.373 e. The van der Waals surface area contributed by atoms with Gasteiger partial charge < -0.3 is 9.47 Å². The molecule has 3 aromatic rings. The van der Waals surface area contributed by atoms with Crippen molar-refractivity contribution >= 4 is 21.4 Å². The van der Waals surface area contributed by atoms with Gasteiger partial charge in [-0.15, -0.1) is 0 Å². The van der Waals surface area contributed by atoms with Gasteiger partial charge in [0, 0.05) is 44.0 Å². The fraction of sp³-hybridized carbons (Fsp3) is 0.208. The number of hydrogen-bond donors (Lipinski definition) is 1. The summed E-state index contributed by atoms with van der Waals surface area (Å²) in [4.78, 5) is 14.2. The first-order chi connectivity index (χ1) is 15.0. The Morgan fingerprint density at radius 1 is 1.16 bits per heavy atom. The van der Waals surface area contributed by atoms with Gasteiger partial charge in [-0.1, -0.05) is 24.8 Å². The van der Waals surface area contributed by atoms with E-state index in [2.05, 4.69) is 11.3 Å². The van der Waals surface area contributed by atoms with Gasteiger partial charge in [0.05, 0.1) is 0 Å². The summed E-state index contributed by atoms with van der Waals surface area (Å²) >= 11 is 0. The fourth-order valence-electron chi connectivity index (χ4n) is 3.40. The molecule has 0 aliphatic rings. The Bertz CT molecular complexity index is 1350. The van der Waals surface area contributed by atoms with Crippen molar-refractivity contribution < 1.29 is 12.8 Å². The van der Waals surface area contributed by atoms with Crippen molar-refractivity contribution in [3.63, 3.8) is 0 Å². The Kier molecular flexibility index (Phi) is 6.55. The van der Waals surface area contributed by atoms with Gasteiger partial charge in [-0.25, -0.2) is 12.8 Å². The summed E-state index contributed by atoms with van der Waals surface area (Å²) in [7, 11) is 1.54. The average Bonchev–Trinajstić information content (AvgIpc) is 2.73. The van der Waals surface area contributed by atoms with E-state index in [1.165, 1.54) is 10.6 Å². The highest BCUT2D eigenvalue weighted by molar-refractivity contribution is 7.95. The van der Waals surface area contributed by atoms with Gasteiger partial charge in [0.25, 0.3) is 15.6 Å². The maximum Gasteiger partial charge on any atom is 0.273 e. The lowest BCUT2D eigenvalue weighted by atomic mass is 9.94. The Hall–Kier alpha value is -3.39. The average molecular weight is 456 g/mol. The molecule has 2 aromatic carbocycles. The molecule has 3 rings (SSSR count). The molecule has 1 N–H and O–H groups in total. The van der Waals surface area contributed by atoms with E-state index in [0.717, 1.165) is 27.7 Å². The molecular formula is C24H26FN3O3S. The van der Waals surface area contributed by atoms with Crippen LogP contribution in [0, 0.1) is 12.7 Å². The zero-order valence-electron chi connectivity index (χ0n) is 18.5. The maximum atomic E-state index is 14.1. The van der Waals surface area contributed by atoms with Gasteiger partial charge in [0.15, 0.2) is 0 Å². The minimum absolute atomic E-state index is 0.149. The molecule has 6 nitrogen and oxygen atoms in total. The topological polar surface area (TPSA) is 71.4 Å². The van der Waals surface area contributed by atoms with Crippen molar-refractivity contribution in [1.82, 2.24) is 4.57 Å². The minimum Gasteiger partial charge on any atom is -0.373 e. The lowest BCUT2D eigenvalue weighted by Gasteiger charge is -2.18. The number of aromatic nitrogens is 1. The number of pyridine rings is 1. The quantitative estimate of drug-likeness (QED) is 0.584. The number of benzene rings is 2. The third kappa shape index (κ3) is 5.08. The Labute approximate surface area is 187 Å². The standard InChI is InChI=1S/C24H26FN3O3S/c1-6-32(30,31)26-20-10-9-18(11-17-8-7-16(2)22(25)12-17)21(14-20)19-13-23(27(3)4)24(29)28(5)15-19/h6-10,12-15,26H,1,11H2,2-5H3. The predicted molar refractivity (Wildman–Crippen MR) is 128 cm³/mol. The number of sulfonamides is 1. The highest BCUT2D eigenvalue weighted by Crippen LogP contribution is 2.31. The highest BCUT2D eigenvalue weighted by Gasteiger charge is 2.14. The number of aryl methyl sites for hydroxylation is 2. The van der Waals surface area contributed by atoms with Crippen LogP contribution in [0.15, 0.2) is 65.4 Å².